The van der Waals surface area contributed by atoms with Crippen LogP contribution in [0.5, 0.6) is 0 Å². The molecular weight excluding hydrogens is 350 g/mol. The molecule has 0 aliphatic carbocycles. The summed E-state index contributed by atoms with van der Waals surface area (Å²) in [6, 6.07) is 17.6. The van der Waals surface area contributed by atoms with Gasteiger partial charge in [0.25, 0.3) is 11.8 Å². The molecule has 1 aliphatic heterocycles. The van der Waals surface area contributed by atoms with Gasteiger partial charge in [-0.2, -0.15) is 0 Å². The summed E-state index contributed by atoms with van der Waals surface area (Å²) in [5, 5.41) is 0. The third-order valence-corrected chi connectivity index (χ3v) is 5.40. The van der Waals surface area contributed by atoms with Crippen molar-refractivity contribution in [3.05, 3.63) is 71.3 Å². The van der Waals surface area contributed by atoms with E-state index in [0.29, 0.717) is 24.2 Å². The predicted octanol–water partition coefficient (Wildman–Crippen LogP) is 3.13. The van der Waals surface area contributed by atoms with Crippen molar-refractivity contribution in [2.45, 2.75) is 26.4 Å². The van der Waals surface area contributed by atoms with E-state index >= 15 is 0 Å². The van der Waals surface area contributed by atoms with Crippen LogP contribution in [0.2, 0.25) is 0 Å². The van der Waals surface area contributed by atoms with E-state index in [4.69, 9.17) is 0 Å². The molecule has 0 bridgehead atoms. The lowest BCUT2D eigenvalue weighted by Gasteiger charge is -2.40. The zero-order valence-electron chi connectivity index (χ0n) is 17.0. The molecule has 1 aliphatic rings. The Labute approximate surface area is 167 Å². The molecule has 0 radical (unpaired) electrons. The van der Waals surface area contributed by atoms with Crippen molar-refractivity contribution in [3.63, 3.8) is 0 Å². The Morgan fingerprint density at radius 2 is 1.75 bits per heavy atom. The molecule has 1 fully saturated rings. The number of hydrogen-bond acceptors (Lipinski definition) is 3. The topological polar surface area (TPSA) is 43.9 Å². The standard InChI is InChI=1S/C23H29N3O2/c1-4-24(3)22(27)20-11-8-12-21(15-20)23(28)26-14-13-25(16-18(26)2)17-19-9-6-5-7-10-19/h5-12,15,18H,4,13-14,16-17H2,1-3H3. The first kappa shape index (κ1) is 20.1. The summed E-state index contributed by atoms with van der Waals surface area (Å²) in [6.07, 6.45) is 0. The van der Waals surface area contributed by atoms with Gasteiger partial charge >= 0.3 is 0 Å². The number of piperazine rings is 1. The van der Waals surface area contributed by atoms with E-state index in [9.17, 15) is 9.59 Å². The Hall–Kier alpha value is -2.66. The van der Waals surface area contributed by atoms with E-state index in [1.165, 1.54) is 5.56 Å². The van der Waals surface area contributed by atoms with Crippen molar-refractivity contribution >= 4 is 11.8 Å². The Kier molecular flexibility index (Phi) is 6.47. The van der Waals surface area contributed by atoms with Crippen LogP contribution < -0.4 is 0 Å². The lowest BCUT2D eigenvalue weighted by Crippen LogP contribution is -2.53. The predicted molar refractivity (Wildman–Crippen MR) is 111 cm³/mol. The molecule has 0 saturated carbocycles. The summed E-state index contributed by atoms with van der Waals surface area (Å²) in [6.45, 7) is 7.95. The van der Waals surface area contributed by atoms with Crippen LogP contribution in [0.25, 0.3) is 0 Å². The van der Waals surface area contributed by atoms with Gasteiger partial charge in [0.1, 0.15) is 0 Å². The van der Waals surface area contributed by atoms with E-state index in [2.05, 4.69) is 36.1 Å². The number of carbonyl (C=O) groups excluding carboxylic acids is 2. The molecule has 1 atom stereocenters. The lowest BCUT2D eigenvalue weighted by atomic mass is 10.1. The first-order valence-electron chi connectivity index (χ1n) is 9.92. The summed E-state index contributed by atoms with van der Waals surface area (Å²) in [4.78, 5) is 31.4. The highest BCUT2D eigenvalue weighted by molar-refractivity contribution is 5.99. The Balaban J connectivity index is 1.66. The quantitative estimate of drug-likeness (QED) is 0.802. The zero-order valence-corrected chi connectivity index (χ0v) is 17.0. The number of benzene rings is 2. The smallest absolute Gasteiger partial charge is 0.254 e. The van der Waals surface area contributed by atoms with E-state index in [-0.39, 0.29) is 17.9 Å². The van der Waals surface area contributed by atoms with Crippen molar-refractivity contribution in [3.8, 4) is 0 Å². The molecule has 0 aromatic heterocycles. The molecule has 3 rings (SSSR count). The molecule has 5 nitrogen and oxygen atoms in total. The Morgan fingerprint density at radius 1 is 1.04 bits per heavy atom. The maximum absolute atomic E-state index is 13.1. The van der Waals surface area contributed by atoms with E-state index in [0.717, 1.165) is 19.6 Å². The average Bonchev–Trinajstić information content (AvgIpc) is 2.73. The number of rotatable bonds is 5. The molecule has 1 unspecified atom stereocenters. The lowest BCUT2D eigenvalue weighted by molar-refractivity contribution is 0.0475. The third kappa shape index (κ3) is 4.60. The second kappa shape index (κ2) is 9.02. The highest BCUT2D eigenvalue weighted by Gasteiger charge is 2.28. The van der Waals surface area contributed by atoms with Crippen molar-refractivity contribution in [2.24, 2.45) is 0 Å². The molecule has 1 saturated heterocycles. The van der Waals surface area contributed by atoms with Gasteiger partial charge in [-0.1, -0.05) is 36.4 Å². The van der Waals surface area contributed by atoms with Gasteiger partial charge in [-0.25, -0.2) is 0 Å². The first-order valence-corrected chi connectivity index (χ1v) is 9.92. The van der Waals surface area contributed by atoms with Crippen LogP contribution in [0, 0.1) is 0 Å². The number of amides is 2. The minimum absolute atomic E-state index is 0.000614. The monoisotopic (exact) mass is 379 g/mol. The van der Waals surface area contributed by atoms with Crippen molar-refractivity contribution in [1.29, 1.82) is 0 Å². The van der Waals surface area contributed by atoms with Crippen molar-refractivity contribution < 1.29 is 9.59 Å². The maximum Gasteiger partial charge on any atom is 0.254 e. The number of hydrogen-bond donors (Lipinski definition) is 0. The number of carbonyl (C=O) groups is 2. The second-order valence-electron chi connectivity index (χ2n) is 7.47. The Morgan fingerprint density at radius 3 is 2.43 bits per heavy atom. The van der Waals surface area contributed by atoms with Crippen LogP contribution in [-0.4, -0.2) is 65.8 Å². The highest BCUT2D eigenvalue weighted by Crippen LogP contribution is 2.17. The first-order chi connectivity index (χ1) is 13.5. The highest BCUT2D eigenvalue weighted by atomic mass is 16.2. The third-order valence-electron chi connectivity index (χ3n) is 5.40. The molecule has 148 valence electrons. The molecule has 5 heteroatoms. The van der Waals surface area contributed by atoms with Crippen molar-refractivity contribution in [1.82, 2.24) is 14.7 Å². The van der Waals surface area contributed by atoms with E-state index in [1.54, 1.807) is 36.2 Å². The molecule has 0 spiro atoms. The van der Waals surface area contributed by atoms with Gasteiger partial charge in [0.05, 0.1) is 0 Å². The Bertz CT molecular complexity index is 822. The van der Waals surface area contributed by atoms with E-state index < -0.39 is 0 Å². The molecular formula is C23H29N3O2. The molecule has 2 aromatic carbocycles. The molecule has 28 heavy (non-hydrogen) atoms. The fraction of sp³-hybridized carbons (Fsp3) is 0.391. The van der Waals surface area contributed by atoms with Crippen LogP contribution in [0.4, 0.5) is 0 Å². The fourth-order valence-electron chi connectivity index (χ4n) is 3.64. The normalized spacial score (nSPS) is 17.4. The fourth-order valence-corrected chi connectivity index (χ4v) is 3.64. The minimum Gasteiger partial charge on any atom is -0.342 e. The molecule has 0 N–H and O–H groups in total. The second-order valence-corrected chi connectivity index (χ2v) is 7.47. The largest absolute Gasteiger partial charge is 0.342 e. The molecule has 2 amide bonds. The van der Waals surface area contributed by atoms with Gasteiger partial charge in [-0.05, 0) is 37.6 Å². The van der Waals surface area contributed by atoms with Gasteiger partial charge in [-0.15, -0.1) is 0 Å². The molecule has 1 heterocycles. The summed E-state index contributed by atoms with van der Waals surface area (Å²) >= 11 is 0. The summed E-state index contributed by atoms with van der Waals surface area (Å²) in [5.74, 6) is -0.0569. The maximum atomic E-state index is 13.1. The van der Waals surface area contributed by atoms with Gasteiger partial charge in [0.2, 0.25) is 0 Å². The van der Waals surface area contributed by atoms with Gasteiger partial charge in [0, 0.05) is 56.9 Å². The average molecular weight is 380 g/mol. The summed E-state index contributed by atoms with van der Waals surface area (Å²) in [7, 11) is 1.77. The van der Waals surface area contributed by atoms with Crippen LogP contribution >= 0.6 is 0 Å². The minimum atomic E-state index is -0.0575. The van der Waals surface area contributed by atoms with Gasteiger partial charge < -0.3 is 9.80 Å². The van der Waals surface area contributed by atoms with Crippen LogP contribution in [-0.2, 0) is 6.54 Å². The van der Waals surface area contributed by atoms with Crippen LogP contribution in [0.3, 0.4) is 0 Å². The van der Waals surface area contributed by atoms with Crippen LogP contribution in [0.15, 0.2) is 54.6 Å². The van der Waals surface area contributed by atoms with Crippen LogP contribution in [0.1, 0.15) is 40.1 Å². The van der Waals surface area contributed by atoms with Crippen molar-refractivity contribution in [2.75, 3.05) is 33.2 Å². The summed E-state index contributed by atoms with van der Waals surface area (Å²) < 4.78 is 0. The van der Waals surface area contributed by atoms with E-state index in [1.807, 2.05) is 17.9 Å². The summed E-state index contributed by atoms with van der Waals surface area (Å²) in [5.41, 5.74) is 2.44. The van der Waals surface area contributed by atoms with Gasteiger partial charge in [0.15, 0.2) is 0 Å². The zero-order chi connectivity index (χ0) is 20.1. The SMILES string of the molecule is CCN(C)C(=O)c1cccc(C(=O)N2CCN(Cc3ccccc3)CC2C)c1. The van der Waals surface area contributed by atoms with Gasteiger partial charge in [-0.3, -0.25) is 14.5 Å². The molecule has 2 aromatic rings. The number of nitrogens with zero attached hydrogens (tertiary/aromatic N) is 3.